The second kappa shape index (κ2) is 3.95. The summed E-state index contributed by atoms with van der Waals surface area (Å²) in [6.45, 7) is 0. The highest BCUT2D eigenvalue weighted by atomic mass is 16.5. The van der Waals surface area contributed by atoms with E-state index in [1.165, 1.54) is 5.56 Å². The van der Waals surface area contributed by atoms with E-state index in [9.17, 15) is 4.79 Å². The maximum Gasteiger partial charge on any atom is 0.177 e. The first-order chi connectivity index (χ1) is 9.34. The zero-order valence-electron chi connectivity index (χ0n) is 10.5. The largest absolute Gasteiger partial charge is 0.489 e. The summed E-state index contributed by atoms with van der Waals surface area (Å²) in [6.07, 6.45) is 1.91. The quantitative estimate of drug-likeness (QED) is 0.716. The molecule has 94 valence electrons. The van der Waals surface area contributed by atoms with Crippen LogP contribution in [0.3, 0.4) is 0 Å². The van der Waals surface area contributed by atoms with E-state index in [4.69, 9.17) is 4.74 Å². The van der Waals surface area contributed by atoms with E-state index in [-0.39, 0.29) is 17.8 Å². The summed E-state index contributed by atoms with van der Waals surface area (Å²) < 4.78 is 6.04. The van der Waals surface area contributed by atoms with Gasteiger partial charge >= 0.3 is 0 Å². The molecule has 2 aromatic rings. The Labute approximate surface area is 112 Å². The van der Waals surface area contributed by atoms with Gasteiger partial charge in [0.1, 0.15) is 11.9 Å². The molecule has 1 aliphatic carbocycles. The number of rotatable bonds is 0. The van der Waals surface area contributed by atoms with Gasteiger partial charge < -0.3 is 4.74 Å². The van der Waals surface area contributed by atoms with E-state index in [0.717, 1.165) is 29.7 Å². The first-order valence-electron chi connectivity index (χ1n) is 6.72. The fourth-order valence-corrected chi connectivity index (χ4v) is 3.27. The van der Waals surface area contributed by atoms with Crippen LogP contribution in [0.25, 0.3) is 0 Å². The number of fused-ring (bicyclic) bond motifs is 4. The van der Waals surface area contributed by atoms with Crippen LogP contribution in [-0.4, -0.2) is 11.9 Å². The Balaban J connectivity index is 1.87. The molecular weight excluding hydrogens is 236 g/mol. The van der Waals surface area contributed by atoms with Crippen LogP contribution in [0.5, 0.6) is 5.75 Å². The summed E-state index contributed by atoms with van der Waals surface area (Å²) in [4.78, 5) is 12.7. The number of Topliss-reactive ketones (excluding diaryl/α,β-unsaturated/α-hetero) is 1. The minimum absolute atomic E-state index is 0.00250. The first-order valence-corrected chi connectivity index (χ1v) is 6.72. The molecule has 0 radical (unpaired) electrons. The van der Waals surface area contributed by atoms with Crippen LogP contribution in [0, 0.1) is 0 Å². The summed E-state index contributed by atoms with van der Waals surface area (Å²) in [5.74, 6) is 0.826. The molecule has 2 aromatic carbocycles. The van der Waals surface area contributed by atoms with E-state index in [1.807, 2.05) is 36.4 Å². The third-order valence-corrected chi connectivity index (χ3v) is 4.17. The molecule has 2 atom stereocenters. The normalized spacial score (nSPS) is 23.9. The Morgan fingerprint density at radius 2 is 1.79 bits per heavy atom. The molecule has 2 nitrogen and oxygen atoms in total. The standard InChI is InChI=1S/C17H14O2/c18-17-13-7-3-4-8-14(13)19-15-10-9-11-5-1-2-6-12(11)16(15)17/h1-8,15-16H,9-10H2/t15-,16+/m1/s1. The number of aryl methyl sites for hydroxylation is 1. The second-order valence-corrected chi connectivity index (χ2v) is 5.23. The van der Waals surface area contributed by atoms with Gasteiger partial charge in [0.2, 0.25) is 0 Å². The average Bonchev–Trinajstić information content (AvgIpc) is 2.47. The highest BCUT2D eigenvalue weighted by Crippen LogP contribution is 2.41. The van der Waals surface area contributed by atoms with Crippen molar-refractivity contribution in [2.24, 2.45) is 0 Å². The number of para-hydroxylation sites is 1. The molecule has 0 spiro atoms. The highest BCUT2D eigenvalue weighted by molar-refractivity contribution is 6.04. The van der Waals surface area contributed by atoms with Crippen LogP contribution in [0.4, 0.5) is 0 Å². The number of carbonyl (C=O) groups is 1. The van der Waals surface area contributed by atoms with Gasteiger partial charge in [-0.2, -0.15) is 0 Å². The number of benzene rings is 2. The number of carbonyl (C=O) groups excluding carboxylic acids is 1. The number of hydrogen-bond donors (Lipinski definition) is 0. The van der Waals surface area contributed by atoms with Gasteiger partial charge in [0.05, 0.1) is 11.5 Å². The Hall–Kier alpha value is -2.09. The van der Waals surface area contributed by atoms with Crippen molar-refractivity contribution in [3.8, 4) is 5.75 Å². The summed E-state index contributed by atoms with van der Waals surface area (Å²) >= 11 is 0. The molecule has 0 amide bonds. The zero-order chi connectivity index (χ0) is 12.8. The lowest BCUT2D eigenvalue weighted by Crippen LogP contribution is -2.39. The molecule has 0 aromatic heterocycles. The smallest absolute Gasteiger partial charge is 0.177 e. The van der Waals surface area contributed by atoms with Gasteiger partial charge in [0, 0.05) is 0 Å². The predicted octanol–water partition coefficient (Wildman–Crippen LogP) is 3.36. The molecule has 2 heteroatoms. The van der Waals surface area contributed by atoms with E-state index in [2.05, 4.69) is 12.1 Å². The van der Waals surface area contributed by atoms with Crippen molar-refractivity contribution >= 4 is 5.78 Å². The third-order valence-electron chi connectivity index (χ3n) is 4.17. The van der Waals surface area contributed by atoms with Crippen LogP contribution in [-0.2, 0) is 6.42 Å². The van der Waals surface area contributed by atoms with E-state index < -0.39 is 0 Å². The minimum Gasteiger partial charge on any atom is -0.489 e. The summed E-state index contributed by atoms with van der Waals surface area (Å²) in [5.41, 5.74) is 3.17. The minimum atomic E-state index is -0.125. The second-order valence-electron chi connectivity index (χ2n) is 5.23. The van der Waals surface area contributed by atoms with E-state index in [0.29, 0.717) is 0 Å². The van der Waals surface area contributed by atoms with Crippen molar-refractivity contribution in [1.29, 1.82) is 0 Å². The van der Waals surface area contributed by atoms with Crippen molar-refractivity contribution in [3.63, 3.8) is 0 Å². The van der Waals surface area contributed by atoms with Crippen LogP contribution < -0.4 is 4.74 Å². The van der Waals surface area contributed by atoms with Gasteiger partial charge in [0.25, 0.3) is 0 Å². The third kappa shape index (κ3) is 1.53. The highest BCUT2D eigenvalue weighted by Gasteiger charge is 2.41. The molecule has 0 bridgehead atoms. The van der Waals surface area contributed by atoms with E-state index in [1.54, 1.807) is 0 Å². The van der Waals surface area contributed by atoms with Gasteiger partial charge in [-0.15, -0.1) is 0 Å². The van der Waals surface area contributed by atoms with Gasteiger partial charge in [-0.25, -0.2) is 0 Å². The van der Waals surface area contributed by atoms with Crippen molar-refractivity contribution < 1.29 is 9.53 Å². The molecule has 19 heavy (non-hydrogen) atoms. The molecule has 0 saturated heterocycles. The van der Waals surface area contributed by atoms with Gasteiger partial charge in [-0.1, -0.05) is 36.4 Å². The molecule has 0 fully saturated rings. The Kier molecular flexibility index (Phi) is 2.25. The van der Waals surface area contributed by atoms with Crippen LogP contribution >= 0.6 is 0 Å². The molecule has 1 aliphatic heterocycles. The SMILES string of the molecule is O=C1c2ccccc2O[C@@H]2CCc3ccccc3[C@H]12. The maximum atomic E-state index is 12.7. The molecule has 0 N–H and O–H groups in total. The van der Waals surface area contributed by atoms with Crippen LogP contribution in [0.15, 0.2) is 48.5 Å². The predicted molar refractivity (Wildman–Crippen MR) is 72.7 cm³/mol. The van der Waals surface area contributed by atoms with Crippen molar-refractivity contribution in [1.82, 2.24) is 0 Å². The molecular formula is C17H14O2. The van der Waals surface area contributed by atoms with Crippen molar-refractivity contribution in [2.75, 3.05) is 0 Å². The van der Waals surface area contributed by atoms with Crippen LogP contribution in [0.1, 0.15) is 33.8 Å². The van der Waals surface area contributed by atoms with Crippen molar-refractivity contribution in [3.05, 3.63) is 65.2 Å². The maximum absolute atomic E-state index is 12.7. The zero-order valence-corrected chi connectivity index (χ0v) is 10.5. The molecule has 0 saturated carbocycles. The number of ether oxygens (including phenoxy) is 1. The fraction of sp³-hybridized carbons (Fsp3) is 0.235. The van der Waals surface area contributed by atoms with Gasteiger partial charge in [-0.05, 0) is 36.1 Å². The Bertz CT molecular complexity index is 660. The lowest BCUT2D eigenvalue weighted by atomic mass is 9.75. The Morgan fingerprint density at radius 3 is 2.74 bits per heavy atom. The van der Waals surface area contributed by atoms with Crippen LogP contribution in [0.2, 0.25) is 0 Å². The number of ketones is 1. The van der Waals surface area contributed by atoms with Crippen molar-refractivity contribution in [2.45, 2.75) is 24.9 Å². The molecule has 1 heterocycles. The van der Waals surface area contributed by atoms with Gasteiger partial charge in [-0.3, -0.25) is 4.79 Å². The molecule has 0 unspecified atom stereocenters. The topological polar surface area (TPSA) is 26.3 Å². The first kappa shape index (κ1) is 10.8. The Morgan fingerprint density at radius 1 is 1.00 bits per heavy atom. The number of hydrogen-bond acceptors (Lipinski definition) is 2. The van der Waals surface area contributed by atoms with Gasteiger partial charge in [0.15, 0.2) is 5.78 Å². The van der Waals surface area contributed by atoms with E-state index >= 15 is 0 Å². The summed E-state index contributed by atoms with van der Waals surface area (Å²) in [7, 11) is 0. The monoisotopic (exact) mass is 250 g/mol. The summed E-state index contributed by atoms with van der Waals surface area (Å²) in [5, 5.41) is 0. The average molecular weight is 250 g/mol. The molecule has 4 rings (SSSR count). The fourth-order valence-electron chi connectivity index (χ4n) is 3.27. The molecule has 2 aliphatic rings. The lowest BCUT2D eigenvalue weighted by Gasteiger charge is -2.37. The lowest BCUT2D eigenvalue weighted by molar-refractivity contribution is 0.0748. The summed E-state index contributed by atoms with van der Waals surface area (Å²) in [6, 6.07) is 15.8.